The summed E-state index contributed by atoms with van der Waals surface area (Å²) >= 11 is 15.2. The monoisotopic (exact) mass is 432 g/mol. The van der Waals surface area contributed by atoms with E-state index in [0.717, 1.165) is 22.3 Å². The van der Waals surface area contributed by atoms with Crippen molar-refractivity contribution in [2.24, 2.45) is 0 Å². The van der Waals surface area contributed by atoms with E-state index >= 15 is 0 Å². The molecule has 0 fully saturated rings. The number of thioether (sulfide) groups is 1. The molecule has 0 saturated heterocycles. The van der Waals surface area contributed by atoms with E-state index in [0.29, 0.717) is 25.7 Å². The molecule has 0 aliphatic rings. The number of hydrogen-bond acceptors (Lipinski definition) is 4. The first-order chi connectivity index (χ1) is 13.0. The van der Waals surface area contributed by atoms with Crippen LogP contribution in [0.25, 0.3) is 15.9 Å². The van der Waals surface area contributed by atoms with Gasteiger partial charge >= 0.3 is 0 Å². The van der Waals surface area contributed by atoms with Crippen molar-refractivity contribution < 1.29 is 0 Å². The summed E-state index contributed by atoms with van der Waals surface area (Å²) in [4.78, 5) is 17.9. The summed E-state index contributed by atoms with van der Waals surface area (Å²) in [6.45, 7) is 1.92. The number of fused-ring (bicyclic) bond motifs is 1. The Kier molecular flexibility index (Phi) is 5.28. The predicted octanol–water partition coefficient (Wildman–Crippen LogP) is 6.35. The van der Waals surface area contributed by atoms with Crippen LogP contribution in [0.2, 0.25) is 10.0 Å². The van der Waals surface area contributed by atoms with Crippen LogP contribution in [0.15, 0.2) is 63.9 Å². The molecular formula is C20H14Cl2N2OS2. The Hall–Kier alpha value is -1.79. The van der Waals surface area contributed by atoms with Crippen LogP contribution in [0.4, 0.5) is 0 Å². The molecule has 4 aromatic rings. The molecule has 0 aliphatic heterocycles. The number of aromatic nitrogens is 2. The molecule has 0 aliphatic carbocycles. The van der Waals surface area contributed by atoms with Gasteiger partial charge in [-0.15, -0.1) is 11.3 Å². The van der Waals surface area contributed by atoms with Gasteiger partial charge in [0.1, 0.15) is 4.70 Å². The molecule has 7 heteroatoms. The SMILES string of the molecule is Cc1cc(-n2c(SCc3cccc(Cl)c3)nc3ccsc3c2=O)ccc1Cl. The van der Waals surface area contributed by atoms with Gasteiger partial charge < -0.3 is 0 Å². The number of benzene rings is 2. The van der Waals surface area contributed by atoms with Gasteiger partial charge in [0, 0.05) is 15.8 Å². The lowest BCUT2D eigenvalue weighted by Crippen LogP contribution is -2.21. The summed E-state index contributed by atoms with van der Waals surface area (Å²) < 4.78 is 2.31. The molecule has 0 saturated carbocycles. The summed E-state index contributed by atoms with van der Waals surface area (Å²) in [6, 6.07) is 15.1. The van der Waals surface area contributed by atoms with E-state index in [2.05, 4.69) is 0 Å². The number of nitrogens with zero attached hydrogens (tertiary/aromatic N) is 2. The smallest absolute Gasteiger partial charge is 0.267 e. The molecule has 2 heterocycles. The van der Waals surface area contributed by atoms with Gasteiger partial charge in [0.15, 0.2) is 5.16 Å². The molecule has 0 radical (unpaired) electrons. The molecule has 27 heavy (non-hydrogen) atoms. The molecule has 0 bridgehead atoms. The Morgan fingerprint density at radius 3 is 2.78 bits per heavy atom. The predicted molar refractivity (Wildman–Crippen MR) is 116 cm³/mol. The largest absolute Gasteiger partial charge is 0.276 e. The molecule has 4 rings (SSSR count). The molecule has 2 aromatic heterocycles. The van der Waals surface area contributed by atoms with Crippen LogP contribution < -0.4 is 5.56 Å². The average Bonchev–Trinajstić information content (AvgIpc) is 3.12. The van der Waals surface area contributed by atoms with Crippen molar-refractivity contribution in [2.75, 3.05) is 0 Å². The summed E-state index contributed by atoms with van der Waals surface area (Å²) in [5.74, 6) is 0.662. The highest BCUT2D eigenvalue weighted by Crippen LogP contribution is 2.28. The fourth-order valence-corrected chi connectivity index (χ4v) is 4.80. The molecular weight excluding hydrogens is 419 g/mol. The molecule has 136 valence electrons. The third kappa shape index (κ3) is 3.78. The van der Waals surface area contributed by atoms with Crippen LogP contribution >= 0.6 is 46.3 Å². The fourth-order valence-electron chi connectivity index (χ4n) is 2.76. The third-order valence-electron chi connectivity index (χ3n) is 4.11. The number of halogens is 2. The molecule has 0 amide bonds. The second-order valence-corrected chi connectivity index (χ2v) is 8.72. The van der Waals surface area contributed by atoms with E-state index < -0.39 is 0 Å². The lowest BCUT2D eigenvalue weighted by Gasteiger charge is -2.13. The lowest BCUT2D eigenvalue weighted by molar-refractivity contribution is 0.821. The van der Waals surface area contributed by atoms with E-state index in [-0.39, 0.29) is 5.56 Å². The number of hydrogen-bond donors (Lipinski definition) is 0. The normalized spacial score (nSPS) is 11.2. The minimum absolute atomic E-state index is 0.0645. The van der Waals surface area contributed by atoms with Gasteiger partial charge in [-0.1, -0.05) is 47.1 Å². The second-order valence-electron chi connectivity index (χ2n) is 6.02. The van der Waals surface area contributed by atoms with Crippen molar-refractivity contribution in [1.82, 2.24) is 9.55 Å². The highest BCUT2D eigenvalue weighted by Gasteiger charge is 2.15. The quantitative estimate of drug-likeness (QED) is 0.278. The Labute approximate surface area is 174 Å². The van der Waals surface area contributed by atoms with Crippen molar-refractivity contribution in [3.63, 3.8) is 0 Å². The topological polar surface area (TPSA) is 34.9 Å². The van der Waals surface area contributed by atoms with Crippen LogP contribution in [0.3, 0.4) is 0 Å². The van der Waals surface area contributed by atoms with Crippen LogP contribution in [-0.4, -0.2) is 9.55 Å². The summed E-state index contributed by atoms with van der Waals surface area (Å²) in [7, 11) is 0. The summed E-state index contributed by atoms with van der Waals surface area (Å²) in [5, 5.41) is 3.90. The van der Waals surface area contributed by atoms with Crippen LogP contribution in [0, 0.1) is 6.92 Å². The van der Waals surface area contributed by atoms with Crippen molar-refractivity contribution in [3.05, 3.63) is 85.4 Å². The van der Waals surface area contributed by atoms with Crippen LogP contribution in [0.1, 0.15) is 11.1 Å². The average molecular weight is 433 g/mol. The number of thiophene rings is 1. The zero-order valence-corrected chi connectivity index (χ0v) is 17.4. The molecule has 2 aromatic carbocycles. The van der Waals surface area contributed by atoms with Crippen LogP contribution in [0.5, 0.6) is 0 Å². The van der Waals surface area contributed by atoms with Crippen LogP contribution in [-0.2, 0) is 5.75 Å². The van der Waals surface area contributed by atoms with Gasteiger partial charge in [0.05, 0.1) is 11.2 Å². The Morgan fingerprint density at radius 1 is 1.15 bits per heavy atom. The van der Waals surface area contributed by atoms with Gasteiger partial charge in [0.2, 0.25) is 0 Å². The lowest BCUT2D eigenvalue weighted by atomic mass is 10.2. The molecule has 3 nitrogen and oxygen atoms in total. The highest BCUT2D eigenvalue weighted by atomic mass is 35.5. The molecule has 0 spiro atoms. The first-order valence-electron chi connectivity index (χ1n) is 8.17. The van der Waals surface area contributed by atoms with Gasteiger partial charge in [-0.05, 0) is 59.8 Å². The third-order valence-corrected chi connectivity index (χ3v) is 6.67. The van der Waals surface area contributed by atoms with Crippen molar-refractivity contribution >= 4 is 56.5 Å². The van der Waals surface area contributed by atoms with Crippen molar-refractivity contribution in [1.29, 1.82) is 0 Å². The standard InChI is InChI=1S/C20H14Cl2N2OS2/c1-12-9-15(5-6-16(12)22)24-19(25)18-17(7-8-26-18)23-20(24)27-11-13-3-2-4-14(21)10-13/h2-10H,11H2,1H3. The maximum Gasteiger partial charge on any atom is 0.276 e. The Balaban J connectivity index is 1.82. The fraction of sp³-hybridized carbons (Fsp3) is 0.100. The van der Waals surface area contributed by atoms with E-state index in [9.17, 15) is 4.79 Å². The Bertz CT molecular complexity index is 1200. The van der Waals surface area contributed by atoms with Crippen molar-refractivity contribution in [3.8, 4) is 5.69 Å². The maximum absolute atomic E-state index is 13.1. The van der Waals surface area contributed by atoms with E-state index in [1.807, 2.05) is 60.8 Å². The highest BCUT2D eigenvalue weighted by molar-refractivity contribution is 7.98. The number of aryl methyl sites for hydroxylation is 1. The summed E-state index contributed by atoms with van der Waals surface area (Å²) in [6.07, 6.45) is 0. The van der Waals surface area contributed by atoms with E-state index in [1.165, 1.54) is 23.1 Å². The Morgan fingerprint density at radius 2 is 2.00 bits per heavy atom. The van der Waals surface area contributed by atoms with E-state index in [4.69, 9.17) is 28.2 Å². The van der Waals surface area contributed by atoms with Crippen molar-refractivity contribution in [2.45, 2.75) is 17.8 Å². The van der Waals surface area contributed by atoms with Gasteiger partial charge in [-0.25, -0.2) is 4.98 Å². The van der Waals surface area contributed by atoms with E-state index in [1.54, 1.807) is 4.57 Å². The minimum atomic E-state index is -0.0645. The zero-order valence-electron chi connectivity index (χ0n) is 14.3. The molecule has 0 atom stereocenters. The molecule has 0 N–H and O–H groups in total. The van der Waals surface area contributed by atoms with Gasteiger partial charge in [0.25, 0.3) is 5.56 Å². The first kappa shape index (κ1) is 18.6. The molecule has 0 unspecified atom stereocenters. The zero-order chi connectivity index (χ0) is 19.0. The second kappa shape index (κ2) is 7.68. The van der Waals surface area contributed by atoms with Gasteiger partial charge in [-0.3, -0.25) is 9.36 Å². The number of rotatable bonds is 4. The summed E-state index contributed by atoms with van der Waals surface area (Å²) in [5.41, 5.74) is 3.41. The minimum Gasteiger partial charge on any atom is -0.267 e. The maximum atomic E-state index is 13.1. The first-order valence-corrected chi connectivity index (χ1v) is 10.8. The van der Waals surface area contributed by atoms with Gasteiger partial charge in [-0.2, -0.15) is 0 Å².